The summed E-state index contributed by atoms with van der Waals surface area (Å²) >= 11 is 0. The van der Waals surface area contributed by atoms with E-state index in [1.165, 1.54) is 5.56 Å². The Kier molecular flexibility index (Phi) is 2.75. The fraction of sp³-hybridized carbons (Fsp3) is 0.529. The lowest BCUT2D eigenvalue weighted by molar-refractivity contribution is -0.172. The van der Waals surface area contributed by atoms with Crippen molar-refractivity contribution in [3.8, 4) is 5.75 Å². The highest BCUT2D eigenvalue weighted by Gasteiger charge is 2.49. The molecule has 3 rings (SSSR count). The number of ether oxygens (including phenoxy) is 2. The zero-order chi connectivity index (χ0) is 13.7. The van der Waals surface area contributed by atoms with E-state index in [0.29, 0.717) is 5.92 Å². The molecule has 1 aromatic rings. The average molecular weight is 258 g/mol. The molecule has 2 aliphatic heterocycles. The van der Waals surface area contributed by atoms with Crippen molar-refractivity contribution in [1.82, 2.24) is 0 Å². The van der Waals surface area contributed by atoms with Crippen LogP contribution >= 0.6 is 0 Å². The first-order valence-electron chi connectivity index (χ1n) is 7.04. The lowest BCUT2D eigenvalue weighted by atomic mass is 9.73. The van der Waals surface area contributed by atoms with Gasteiger partial charge < -0.3 is 9.47 Å². The lowest BCUT2D eigenvalue weighted by Crippen LogP contribution is -2.50. The molecule has 1 fully saturated rings. The quantitative estimate of drug-likeness (QED) is 0.700. The van der Waals surface area contributed by atoms with Gasteiger partial charge in [-0.05, 0) is 39.7 Å². The molecule has 2 aliphatic rings. The predicted molar refractivity (Wildman–Crippen MR) is 76.3 cm³/mol. The SMILES string of the molecule is C=C[C@@]1(C)CC[C@@H]2[C@@H](O1)c1ccccc1OC2(C)C. The van der Waals surface area contributed by atoms with Gasteiger partial charge in [0.25, 0.3) is 0 Å². The number of fused-ring (bicyclic) bond motifs is 3. The highest BCUT2D eigenvalue weighted by Crippen LogP contribution is 2.52. The minimum atomic E-state index is -0.221. The molecule has 102 valence electrons. The van der Waals surface area contributed by atoms with E-state index in [-0.39, 0.29) is 17.3 Å². The van der Waals surface area contributed by atoms with Crippen LogP contribution in [0.1, 0.15) is 45.3 Å². The van der Waals surface area contributed by atoms with Gasteiger partial charge in [-0.1, -0.05) is 24.3 Å². The lowest BCUT2D eigenvalue weighted by Gasteiger charge is -2.51. The molecule has 0 saturated carbocycles. The van der Waals surface area contributed by atoms with Gasteiger partial charge in [0.05, 0.1) is 11.7 Å². The molecule has 1 aromatic carbocycles. The van der Waals surface area contributed by atoms with Crippen molar-refractivity contribution in [2.75, 3.05) is 0 Å². The zero-order valence-electron chi connectivity index (χ0n) is 12.0. The number of benzene rings is 1. The van der Waals surface area contributed by atoms with Crippen LogP contribution in [0, 0.1) is 5.92 Å². The fourth-order valence-corrected chi connectivity index (χ4v) is 3.33. The van der Waals surface area contributed by atoms with Crippen molar-refractivity contribution < 1.29 is 9.47 Å². The Morgan fingerprint density at radius 2 is 2.00 bits per heavy atom. The molecule has 2 nitrogen and oxygen atoms in total. The number of hydrogen-bond acceptors (Lipinski definition) is 2. The Hall–Kier alpha value is -1.28. The van der Waals surface area contributed by atoms with E-state index in [1.807, 2.05) is 18.2 Å². The van der Waals surface area contributed by atoms with E-state index in [4.69, 9.17) is 9.47 Å². The number of rotatable bonds is 1. The molecular weight excluding hydrogens is 236 g/mol. The third-order valence-corrected chi connectivity index (χ3v) is 4.64. The van der Waals surface area contributed by atoms with Crippen LogP contribution in [0.4, 0.5) is 0 Å². The smallest absolute Gasteiger partial charge is 0.125 e. The van der Waals surface area contributed by atoms with Crippen LogP contribution in [0.25, 0.3) is 0 Å². The van der Waals surface area contributed by atoms with Crippen molar-refractivity contribution >= 4 is 0 Å². The molecular formula is C17H22O2. The van der Waals surface area contributed by atoms with Crippen LogP contribution in [0.2, 0.25) is 0 Å². The van der Waals surface area contributed by atoms with Crippen LogP contribution < -0.4 is 4.74 Å². The molecule has 0 unspecified atom stereocenters. The summed E-state index contributed by atoms with van der Waals surface area (Å²) in [5.41, 5.74) is 0.781. The summed E-state index contributed by atoms with van der Waals surface area (Å²) in [4.78, 5) is 0. The molecule has 0 aromatic heterocycles. The molecule has 0 aliphatic carbocycles. The van der Waals surface area contributed by atoms with E-state index < -0.39 is 0 Å². The van der Waals surface area contributed by atoms with Gasteiger partial charge in [-0.25, -0.2) is 0 Å². The van der Waals surface area contributed by atoms with Gasteiger partial charge in [-0.15, -0.1) is 6.58 Å². The first-order chi connectivity index (χ1) is 8.95. The summed E-state index contributed by atoms with van der Waals surface area (Å²) in [5, 5.41) is 0. The van der Waals surface area contributed by atoms with E-state index in [0.717, 1.165) is 18.6 Å². The zero-order valence-corrected chi connectivity index (χ0v) is 12.0. The van der Waals surface area contributed by atoms with Crippen molar-refractivity contribution in [3.63, 3.8) is 0 Å². The van der Waals surface area contributed by atoms with Crippen molar-refractivity contribution in [1.29, 1.82) is 0 Å². The van der Waals surface area contributed by atoms with Crippen molar-refractivity contribution in [2.45, 2.75) is 50.9 Å². The highest BCUT2D eigenvalue weighted by atomic mass is 16.5. The third kappa shape index (κ3) is 1.99. The fourth-order valence-electron chi connectivity index (χ4n) is 3.33. The molecule has 0 amide bonds. The van der Waals surface area contributed by atoms with Gasteiger partial charge >= 0.3 is 0 Å². The van der Waals surface area contributed by atoms with Crippen LogP contribution in [0.5, 0.6) is 5.75 Å². The summed E-state index contributed by atoms with van der Waals surface area (Å²) in [6, 6.07) is 8.24. The van der Waals surface area contributed by atoms with E-state index in [2.05, 4.69) is 39.5 Å². The standard InChI is InChI=1S/C17H22O2/c1-5-17(4)11-10-13-15(19-17)12-8-6-7-9-14(12)18-16(13,2)3/h5-9,13,15H,1,10-11H2,2-4H3/t13-,15+,17+/m1/s1. The molecule has 0 spiro atoms. The summed E-state index contributed by atoms with van der Waals surface area (Å²) in [6.07, 6.45) is 4.16. The second-order valence-corrected chi connectivity index (χ2v) is 6.44. The molecule has 1 saturated heterocycles. The molecule has 0 radical (unpaired) electrons. The first kappa shape index (κ1) is 12.7. The van der Waals surface area contributed by atoms with E-state index >= 15 is 0 Å². The highest BCUT2D eigenvalue weighted by molar-refractivity contribution is 5.39. The summed E-state index contributed by atoms with van der Waals surface area (Å²) in [5.74, 6) is 1.36. The number of para-hydroxylation sites is 1. The second-order valence-electron chi connectivity index (χ2n) is 6.44. The van der Waals surface area contributed by atoms with E-state index in [1.54, 1.807) is 0 Å². The van der Waals surface area contributed by atoms with Crippen LogP contribution in [0.15, 0.2) is 36.9 Å². The maximum Gasteiger partial charge on any atom is 0.125 e. The topological polar surface area (TPSA) is 18.5 Å². The molecule has 2 heteroatoms. The molecule has 2 heterocycles. The van der Waals surface area contributed by atoms with Crippen molar-refractivity contribution in [3.05, 3.63) is 42.5 Å². The summed E-state index contributed by atoms with van der Waals surface area (Å²) < 4.78 is 12.6. The van der Waals surface area contributed by atoms with Gasteiger partial charge in [0, 0.05) is 11.5 Å². The first-order valence-corrected chi connectivity index (χ1v) is 7.04. The van der Waals surface area contributed by atoms with Gasteiger partial charge in [0.1, 0.15) is 11.4 Å². The van der Waals surface area contributed by atoms with E-state index in [9.17, 15) is 0 Å². The Balaban J connectivity index is 2.05. The van der Waals surface area contributed by atoms with Gasteiger partial charge in [-0.3, -0.25) is 0 Å². The maximum absolute atomic E-state index is 6.39. The normalized spacial score (nSPS) is 35.7. The predicted octanol–water partition coefficient (Wildman–Crippen LogP) is 4.27. The molecule has 0 N–H and O–H groups in total. The molecule has 0 bridgehead atoms. The Bertz CT molecular complexity index is 506. The molecule has 3 atom stereocenters. The van der Waals surface area contributed by atoms with Crippen molar-refractivity contribution in [2.24, 2.45) is 5.92 Å². The Labute approximate surface area is 115 Å². The largest absolute Gasteiger partial charge is 0.487 e. The minimum absolute atomic E-state index is 0.108. The number of hydrogen-bond donors (Lipinski definition) is 0. The molecule has 19 heavy (non-hydrogen) atoms. The Morgan fingerprint density at radius 1 is 1.26 bits per heavy atom. The second kappa shape index (κ2) is 4.11. The maximum atomic E-state index is 6.39. The van der Waals surface area contributed by atoms with Crippen LogP contribution in [-0.4, -0.2) is 11.2 Å². The third-order valence-electron chi connectivity index (χ3n) is 4.64. The summed E-state index contributed by atoms with van der Waals surface area (Å²) in [6.45, 7) is 10.4. The monoisotopic (exact) mass is 258 g/mol. The summed E-state index contributed by atoms with van der Waals surface area (Å²) in [7, 11) is 0. The van der Waals surface area contributed by atoms with Gasteiger partial charge in [0.2, 0.25) is 0 Å². The Morgan fingerprint density at radius 3 is 2.74 bits per heavy atom. The van der Waals surface area contributed by atoms with Gasteiger partial charge in [0.15, 0.2) is 0 Å². The van der Waals surface area contributed by atoms with Crippen LogP contribution in [0.3, 0.4) is 0 Å². The minimum Gasteiger partial charge on any atom is -0.487 e. The van der Waals surface area contributed by atoms with Gasteiger partial charge in [-0.2, -0.15) is 0 Å². The van der Waals surface area contributed by atoms with Crippen LogP contribution in [-0.2, 0) is 4.74 Å². The average Bonchev–Trinajstić information content (AvgIpc) is 2.38.